The van der Waals surface area contributed by atoms with E-state index in [1.807, 2.05) is 0 Å². The van der Waals surface area contributed by atoms with Gasteiger partial charge >= 0.3 is 0 Å². The average molecular weight is 237 g/mol. The standard InChI is InChI=1S/C13H16FNO2/c14-11-5-1-2-6-12(11)15-13(16)8-7-10-4-3-9-17-10/h1-2,5-6,10H,3-4,7-9H2,(H,15,16)/t10-/m0/s1. The van der Waals surface area contributed by atoms with Gasteiger partial charge in [0.05, 0.1) is 11.8 Å². The third kappa shape index (κ3) is 3.53. The molecule has 1 atom stereocenters. The first-order valence-electron chi connectivity index (χ1n) is 5.91. The van der Waals surface area contributed by atoms with Crippen LogP contribution in [0.15, 0.2) is 24.3 Å². The number of hydrogen-bond acceptors (Lipinski definition) is 2. The Bertz CT molecular complexity index is 389. The second-order valence-electron chi connectivity index (χ2n) is 4.20. The number of halogens is 1. The van der Waals surface area contributed by atoms with Crippen molar-refractivity contribution >= 4 is 11.6 Å². The second kappa shape index (κ2) is 5.77. The van der Waals surface area contributed by atoms with Gasteiger partial charge in [-0.15, -0.1) is 0 Å². The Balaban J connectivity index is 1.79. The highest BCUT2D eigenvalue weighted by Crippen LogP contribution is 2.18. The molecule has 4 heteroatoms. The van der Waals surface area contributed by atoms with E-state index in [1.54, 1.807) is 18.2 Å². The molecule has 0 radical (unpaired) electrons. The molecule has 92 valence electrons. The van der Waals surface area contributed by atoms with Crippen molar-refractivity contribution in [1.82, 2.24) is 0 Å². The van der Waals surface area contributed by atoms with Crippen molar-refractivity contribution < 1.29 is 13.9 Å². The van der Waals surface area contributed by atoms with Gasteiger partial charge in [0.15, 0.2) is 0 Å². The normalized spacial score (nSPS) is 19.2. The van der Waals surface area contributed by atoms with Gasteiger partial charge in [-0.3, -0.25) is 4.79 Å². The molecule has 1 aliphatic heterocycles. The number of carbonyl (C=O) groups is 1. The van der Waals surface area contributed by atoms with Crippen LogP contribution in [0.1, 0.15) is 25.7 Å². The monoisotopic (exact) mass is 237 g/mol. The van der Waals surface area contributed by atoms with E-state index in [0.29, 0.717) is 12.8 Å². The summed E-state index contributed by atoms with van der Waals surface area (Å²) in [6.45, 7) is 0.791. The van der Waals surface area contributed by atoms with Gasteiger partial charge in [-0.25, -0.2) is 4.39 Å². The topological polar surface area (TPSA) is 38.3 Å². The van der Waals surface area contributed by atoms with Crippen molar-refractivity contribution in [2.24, 2.45) is 0 Å². The first kappa shape index (κ1) is 12.0. The Kier molecular flexibility index (Phi) is 4.09. The summed E-state index contributed by atoms with van der Waals surface area (Å²) in [4.78, 5) is 11.6. The zero-order valence-corrected chi connectivity index (χ0v) is 9.62. The van der Waals surface area contributed by atoms with Crippen LogP contribution in [-0.4, -0.2) is 18.6 Å². The number of nitrogens with one attached hydrogen (secondary N) is 1. The minimum atomic E-state index is -0.405. The Hall–Kier alpha value is -1.42. The smallest absolute Gasteiger partial charge is 0.224 e. The Morgan fingerprint density at radius 2 is 2.29 bits per heavy atom. The molecule has 0 bridgehead atoms. The van der Waals surface area contributed by atoms with E-state index in [1.165, 1.54) is 6.07 Å². The number of hydrogen-bond donors (Lipinski definition) is 1. The van der Waals surface area contributed by atoms with Gasteiger partial charge in [-0.2, -0.15) is 0 Å². The number of benzene rings is 1. The molecular formula is C13H16FNO2. The minimum absolute atomic E-state index is 0.161. The molecule has 1 N–H and O–H groups in total. The lowest BCUT2D eigenvalue weighted by atomic mass is 10.1. The molecular weight excluding hydrogens is 221 g/mol. The summed E-state index contributed by atoms with van der Waals surface area (Å²) < 4.78 is 18.7. The Morgan fingerprint density at radius 1 is 1.47 bits per heavy atom. The van der Waals surface area contributed by atoms with Gasteiger partial charge in [0, 0.05) is 13.0 Å². The number of rotatable bonds is 4. The molecule has 2 rings (SSSR count). The molecule has 17 heavy (non-hydrogen) atoms. The zero-order valence-electron chi connectivity index (χ0n) is 9.62. The molecule has 1 heterocycles. The predicted octanol–water partition coefficient (Wildman–Crippen LogP) is 2.72. The summed E-state index contributed by atoms with van der Waals surface area (Å²) in [5.74, 6) is -0.566. The van der Waals surface area contributed by atoms with E-state index >= 15 is 0 Å². The molecule has 0 aliphatic carbocycles. The van der Waals surface area contributed by atoms with E-state index in [4.69, 9.17) is 4.74 Å². The summed E-state index contributed by atoms with van der Waals surface area (Å²) in [5, 5.41) is 2.56. The first-order valence-corrected chi connectivity index (χ1v) is 5.91. The molecule has 0 unspecified atom stereocenters. The van der Waals surface area contributed by atoms with Crippen molar-refractivity contribution in [3.05, 3.63) is 30.1 Å². The van der Waals surface area contributed by atoms with Crippen LogP contribution < -0.4 is 5.32 Å². The lowest BCUT2D eigenvalue weighted by molar-refractivity contribution is -0.116. The average Bonchev–Trinajstić information content (AvgIpc) is 2.82. The van der Waals surface area contributed by atoms with Crippen molar-refractivity contribution in [1.29, 1.82) is 0 Å². The molecule has 0 spiro atoms. The van der Waals surface area contributed by atoms with Gasteiger partial charge in [0.2, 0.25) is 5.91 Å². The summed E-state index contributed by atoms with van der Waals surface area (Å²) in [6, 6.07) is 6.17. The Morgan fingerprint density at radius 3 is 3.00 bits per heavy atom. The van der Waals surface area contributed by atoms with Crippen LogP contribution in [0.25, 0.3) is 0 Å². The van der Waals surface area contributed by atoms with E-state index in [-0.39, 0.29) is 17.7 Å². The van der Waals surface area contributed by atoms with Crippen LogP contribution in [0.3, 0.4) is 0 Å². The first-order chi connectivity index (χ1) is 8.25. The van der Waals surface area contributed by atoms with Gasteiger partial charge in [0.1, 0.15) is 5.82 Å². The minimum Gasteiger partial charge on any atom is -0.378 e. The van der Waals surface area contributed by atoms with E-state index in [9.17, 15) is 9.18 Å². The maximum atomic E-state index is 13.3. The molecule has 1 aliphatic rings. The lowest BCUT2D eigenvalue weighted by Crippen LogP contribution is -2.15. The predicted molar refractivity (Wildman–Crippen MR) is 63.2 cm³/mol. The molecule has 1 fully saturated rings. The molecule has 1 saturated heterocycles. The zero-order chi connectivity index (χ0) is 12.1. The quantitative estimate of drug-likeness (QED) is 0.874. The van der Waals surface area contributed by atoms with Gasteiger partial charge < -0.3 is 10.1 Å². The maximum absolute atomic E-state index is 13.3. The van der Waals surface area contributed by atoms with Crippen LogP contribution in [0.2, 0.25) is 0 Å². The SMILES string of the molecule is O=C(CC[C@@H]1CCCO1)Nc1ccccc1F. The lowest BCUT2D eigenvalue weighted by Gasteiger charge is -2.09. The molecule has 1 amide bonds. The van der Waals surface area contributed by atoms with Crippen molar-refractivity contribution in [2.75, 3.05) is 11.9 Å². The molecule has 1 aromatic carbocycles. The van der Waals surface area contributed by atoms with Crippen LogP contribution in [0.5, 0.6) is 0 Å². The highest BCUT2D eigenvalue weighted by Gasteiger charge is 2.16. The van der Waals surface area contributed by atoms with Gasteiger partial charge in [0.25, 0.3) is 0 Å². The van der Waals surface area contributed by atoms with Gasteiger partial charge in [-0.1, -0.05) is 12.1 Å². The Labute approximate surface area is 100.0 Å². The summed E-state index contributed by atoms with van der Waals surface area (Å²) >= 11 is 0. The molecule has 1 aromatic rings. The number of carbonyl (C=O) groups excluding carboxylic acids is 1. The maximum Gasteiger partial charge on any atom is 0.224 e. The van der Waals surface area contributed by atoms with Crippen LogP contribution in [-0.2, 0) is 9.53 Å². The van der Waals surface area contributed by atoms with Crippen LogP contribution in [0, 0.1) is 5.82 Å². The van der Waals surface area contributed by atoms with E-state index < -0.39 is 5.82 Å². The van der Waals surface area contributed by atoms with E-state index in [0.717, 1.165) is 19.4 Å². The molecule has 3 nitrogen and oxygen atoms in total. The molecule has 0 aromatic heterocycles. The van der Waals surface area contributed by atoms with Crippen molar-refractivity contribution in [3.63, 3.8) is 0 Å². The van der Waals surface area contributed by atoms with Crippen LogP contribution in [0.4, 0.5) is 10.1 Å². The summed E-state index contributed by atoms with van der Waals surface area (Å²) in [5.41, 5.74) is 0.241. The number of amides is 1. The fourth-order valence-corrected chi connectivity index (χ4v) is 1.94. The number of ether oxygens (including phenoxy) is 1. The summed E-state index contributed by atoms with van der Waals surface area (Å²) in [7, 11) is 0. The van der Waals surface area contributed by atoms with Gasteiger partial charge in [-0.05, 0) is 31.4 Å². The number of anilines is 1. The van der Waals surface area contributed by atoms with Crippen molar-refractivity contribution in [2.45, 2.75) is 31.8 Å². The highest BCUT2D eigenvalue weighted by atomic mass is 19.1. The molecule has 0 saturated carbocycles. The number of para-hydroxylation sites is 1. The second-order valence-corrected chi connectivity index (χ2v) is 4.20. The largest absolute Gasteiger partial charge is 0.378 e. The third-order valence-corrected chi connectivity index (χ3v) is 2.87. The fraction of sp³-hybridized carbons (Fsp3) is 0.462. The third-order valence-electron chi connectivity index (χ3n) is 2.87. The van der Waals surface area contributed by atoms with Crippen molar-refractivity contribution in [3.8, 4) is 0 Å². The fourth-order valence-electron chi connectivity index (χ4n) is 1.94. The van der Waals surface area contributed by atoms with E-state index in [2.05, 4.69) is 5.32 Å². The highest BCUT2D eigenvalue weighted by molar-refractivity contribution is 5.90. The van der Waals surface area contributed by atoms with Crippen LogP contribution >= 0.6 is 0 Å². The summed E-state index contributed by atoms with van der Waals surface area (Å²) in [6.07, 6.45) is 3.37.